The van der Waals surface area contributed by atoms with Crippen LogP contribution in [-0.4, -0.2) is 63.8 Å². The van der Waals surface area contributed by atoms with E-state index in [9.17, 15) is 0 Å². The van der Waals surface area contributed by atoms with Gasteiger partial charge in [-0.05, 0) is 18.2 Å². The number of likely N-dealkylation sites (N-methyl/N-ethyl adjacent to an activating group) is 1. The molecule has 5 heteroatoms. The van der Waals surface area contributed by atoms with Gasteiger partial charge in [-0.25, -0.2) is 0 Å². The molecule has 1 aliphatic rings. The quantitative estimate of drug-likeness (QED) is 0.608. The van der Waals surface area contributed by atoms with E-state index in [4.69, 9.17) is 4.74 Å². The van der Waals surface area contributed by atoms with Gasteiger partial charge in [-0.2, -0.15) is 0 Å². The summed E-state index contributed by atoms with van der Waals surface area (Å²) in [4.78, 5) is 6.67. The molecule has 0 aromatic heterocycles. The third kappa shape index (κ3) is 5.81. The second-order valence-corrected chi connectivity index (χ2v) is 6.96. The number of guanidine groups is 1. The molecule has 2 aromatic carbocycles. The number of nitrogens with one attached hydrogen (secondary N) is 2. The molecule has 1 heterocycles. The molecular weight excluding hydrogens is 336 g/mol. The summed E-state index contributed by atoms with van der Waals surface area (Å²) in [5.74, 6) is 1.08. The lowest BCUT2D eigenvalue weighted by molar-refractivity contribution is -0.0161. The maximum atomic E-state index is 5.82. The van der Waals surface area contributed by atoms with Crippen LogP contribution >= 0.6 is 0 Å². The summed E-state index contributed by atoms with van der Waals surface area (Å²) in [5.41, 5.74) is 2.59. The maximum absolute atomic E-state index is 5.82. The van der Waals surface area contributed by atoms with Gasteiger partial charge in [0.05, 0.1) is 12.7 Å². The Morgan fingerprint density at radius 3 is 2.26 bits per heavy atom. The van der Waals surface area contributed by atoms with Gasteiger partial charge in [0.2, 0.25) is 0 Å². The van der Waals surface area contributed by atoms with Crippen molar-refractivity contribution >= 4 is 5.96 Å². The zero-order valence-corrected chi connectivity index (χ0v) is 16.3. The van der Waals surface area contributed by atoms with Crippen molar-refractivity contribution in [3.05, 3.63) is 71.8 Å². The standard InChI is InChI=1S/C22H30N4O/c1-23-22(24-15-20-17-26(2)13-14-27-20)25-16-21(18-9-5-3-6-10-18)19-11-7-4-8-12-19/h3-12,20-21H,13-17H2,1-2H3,(H2,23,24,25). The van der Waals surface area contributed by atoms with Crippen LogP contribution in [0.3, 0.4) is 0 Å². The minimum Gasteiger partial charge on any atom is -0.374 e. The summed E-state index contributed by atoms with van der Waals surface area (Å²) < 4.78 is 5.82. The van der Waals surface area contributed by atoms with Gasteiger partial charge >= 0.3 is 0 Å². The van der Waals surface area contributed by atoms with Gasteiger partial charge < -0.3 is 20.3 Å². The van der Waals surface area contributed by atoms with E-state index in [1.54, 1.807) is 0 Å². The predicted octanol–water partition coefficient (Wildman–Crippen LogP) is 2.31. The highest BCUT2D eigenvalue weighted by Gasteiger charge is 2.18. The zero-order valence-electron chi connectivity index (χ0n) is 16.3. The Balaban J connectivity index is 1.60. The van der Waals surface area contributed by atoms with Crippen LogP contribution < -0.4 is 10.6 Å². The van der Waals surface area contributed by atoms with E-state index >= 15 is 0 Å². The van der Waals surface area contributed by atoms with Crippen LogP contribution in [0.5, 0.6) is 0 Å². The van der Waals surface area contributed by atoms with Crippen LogP contribution in [0.1, 0.15) is 17.0 Å². The topological polar surface area (TPSA) is 48.9 Å². The molecule has 5 nitrogen and oxygen atoms in total. The van der Waals surface area contributed by atoms with Gasteiger partial charge in [-0.3, -0.25) is 4.99 Å². The van der Waals surface area contributed by atoms with Crippen LogP contribution in [0.15, 0.2) is 65.7 Å². The van der Waals surface area contributed by atoms with Crippen LogP contribution in [0.4, 0.5) is 0 Å². The molecule has 0 amide bonds. The molecule has 1 aliphatic heterocycles. The van der Waals surface area contributed by atoms with E-state index in [2.05, 4.69) is 88.2 Å². The van der Waals surface area contributed by atoms with Crippen LogP contribution in [-0.2, 0) is 4.74 Å². The molecular formula is C22H30N4O. The minimum absolute atomic E-state index is 0.196. The monoisotopic (exact) mass is 366 g/mol. The molecule has 0 radical (unpaired) electrons. The molecule has 3 rings (SSSR count). The number of ether oxygens (including phenoxy) is 1. The molecule has 1 saturated heterocycles. The smallest absolute Gasteiger partial charge is 0.191 e. The summed E-state index contributed by atoms with van der Waals surface area (Å²) in [6.07, 6.45) is 0.196. The second kappa shape index (κ2) is 10.1. The highest BCUT2D eigenvalue weighted by Crippen LogP contribution is 2.23. The highest BCUT2D eigenvalue weighted by molar-refractivity contribution is 5.79. The van der Waals surface area contributed by atoms with E-state index in [-0.39, 0.29) is 12.0 Å². The molecule has 1 atom stereocenters. The van der Waals surface area contributed by atoms with E-state index in [1.165, 1.54) is 11.1 Å². The first kappa shape index (κ1) is 19.4. The third-order valence-electron chi connectivity index (χ3n) is 4.94. The first-order chi connectivity index (χ1) is 13.3. The average molecular weight is 367 g/mol. The van der Waals surface area contributed by atoms with E-state index < -0.39 is 0 Å². The fourth-order valence-corrected chi connectivity index (χ4v) is 3.42. The van der Waals surface area contributed by atoms with E-state index in [0.29, 0.717) is 0 Å². The Morgan fingerprint density at radius 2 is 1.70 bits per heavy atom. The summed E-state index contributed by atoms with van der Waals surface area (Å²) in [5, 5.41) is 6.89. The number of benzene rings is 2. The molecule has 0 aliphatic carbocycles. The lowest BCUT2D eigenvalue weighted by atomic mass is 9.91. The van der Waals surface area contributed by atoms with Crippen molar-refractivity contribution in [1.29, 1.82) is 0 Å². The molecule has 0 bridgehead atoms. The maximum Gasteiger partial charge on any atom is 0.191 e. The first-order valence-corrected chi connectivity index (χ1v) is 9.61. The van der Waals surface area contributed by atoms with E-state index in [0.717, 1.165) is 38.7 Å². The van der Waals surface area contributed by atoms with Crippen molar-refractivity contribution in [3.8, 4) is 0 Å². The fourth-order valence-electron chi connectivity index (χ4n) is 3.42. The molecule has 27 heavy (non-hydrogen) atoms. The summed E-state index contributed by atoms with van der Waals surface area (Å²) in [7, 11) is 3.94. The number of hydrogen-bond acceptors (Lipinski definition) is 3. The van der Waals surface area contributed by atoms with Crippen molar-refractivity contribution in [2.24, 2.45) is 4.99 Å². The highest BCUT2D eigenvalue weighted by atomic mass is 16.5. The van der Waals surface area contributed by atoms with Gasteiger partial charge in [0, 0.05) is 39.1 Å². The predicted molar refractivity (Wildman–Crippen MR) is 111 cm³/mol. The third-order valence-corrected chi connectivity index (χ3v) is 4.94. The summed E-state index contributed by atoms with van der Waals surface area (Å²) in [6.45, 7) is 4.27. The van der Waals surface area contributed by atoms with E-state index in [1.807, 2.05) is 7.05 Å². The van der Waals surface area contributed by atoms with Crippen LogP contribution in [0, 0.1) is 0 Å². The average Bonchev–Trinajstić information content (AvgIpc) is 2.72. The van der Waals surface area contributed by atoms with Crippen LogP contribution in [0.25, 0.3) is 0 Å². The Hall–Kier alpha value is -2.37. The van der Waals surface area contributed by atoms with Gasteiger partial charge in [-0.1, -0.05) is 60.7 Å². The van der Waals surface area contributed by atoms with Gasteiger partial charge in [-0.15, -0.1) is 0 Å². The zero-order chi connectivity index (χ0) is 18.9. The molecule has 0 spiro atoms. The SMILES string of the molecule is CN=C(NCC1CN(C)CCO1)NCC(c1ccccc1)c1ccccc1. The van der Waals surface area contributed by atoms with Gasteiger partial charge in [0.1, 0.15) is 0 Å². The Labute approximate surface area is 162 Å². The van der Waals surface area contributed by atoms with Gasteiger partial charge in [0.25, 0.3) is 0 Å². The van der Waals surface area contributed by atoms with Crippen molar-refractivity contribution < 1.29 is 4.74 Å². The summed E-state index contributed by atoms with van der Waals surface area (Å²) in [6, 6.07) is 21.2. The van der Waals surface area contributed by atoms with Crippen molar-refractivity contribution in [2.45, 2.75) is 12.0 Å². The molecule has 2 aromatic rings. The van der Waals surface area contributed by atoms with Crippen molar-refractivity contribution in [1.82, 2.24) is 15.5 Å². The largest absolute Gasteiger partial charge is 0.374 e. The molecule has 2 N–H and O–H groups in total. The normalized spacial score (nSPS) is 18.5. The summed E-state index contributed by atoms with van der Waals surface area (Å²) >= 11 is 0. The lowest BCUT2D eigenvalue weighted by Crippen LogP contribution is -2.48. The van der Waals surface area contributed by atoms with Gasteiger partial charge in [0.15, 0.2) is 5.96 Å². The molecule has 0 saturated carbocycles. The molecule has 144 valence electrons. The Kier molecular flexibility index (Phi) is 7.25. The fraction of sp³-hybridized carbons (Fsp3) is 0.409. The minimum atomic E-state index is 0.196. The first-order valence-electron chi connectivity index (χ1n) is 9.61. The Bertz CT molecular complexity index is 665. The number of nitrogens with zero attached hydrogens (tertiary/aromatic N) is 2. The Morgan fingerprint density at radius 1 is 1.07 bits per heavy atom. The van der Waals surface area contributed by atoms with Crippen LogP contribution in [0.2, 0.25) is 0 Å². The molecule has 1 unspecified atom stereocenters. The van der Waals surface area contributed by atoms with Crippen molar-refractivity contribution in [2.75, 3.05) is 46.9 Å². The lowest BCUT2D eigenvalue weighted by Gasteiger charge is -2.30. The number of aliphatic imine (C=N–C) groups is 1. The second-order valence-electron chi connectivity index (χ2n) is 6.96. The number of rotatable bonds is 6. The van der Waals surface area contributed by atoms with Crippen molar-refractivity contribution in [3.63, 3.8) is 0 Å². The number of hydrogen-bond donors (Lipinski definition) is 2. The molecule has 1 fully saturated rings. The number of morpholine rings is 1.